The number of nitrogens with zero attached hydrogens (tertiary/aromatic N) is 3. The standard InChI is InChI=1S/C22H14Cl3F2N3OS/c23-13-5-7-15(16(24)11-13)21-28-29-22(30(21)14-6-8-18(26)17(25)12-14)32-10-9-31-20-4-2-1-3-19(20)27/h1-8,11-12H,9-10H2. The third-order valence-electron chi connectivity index (χ3n) is 4.38. The average Bonchev–Trinajstić information content (AvgIpc) is 3.18. The molecule has 0 aliphatic heterocycles. The van der Waals surface area contributed by atoms with E-state index in [-0.39, 0.29) is 17.4 Å². The van der Waals surface area contributed by atoms with E-state index in [4.69, 9.17) is 39.5 Å². The molecule has 0 saturated heterocycles. The van der Waals surface area contributed by atoms with E-state index in [0.717, 1.165) is 0 Å². The molecule has 0 radical (unpaired) electrons. The minimum Gasteiger partial charge on any atom is -0.490 e. The average molecular weight is 513 g/mol. The predicted octanol–water partition coefficient (Wildman–Crippen LogP) is 7.34. The molecular weight excluding hydrogens is 499 g/mol. The predicted molar refractivity (Wildman–Crippen MR) is 124 cm³/mol. The van der Waals surface area contributed by atoms with Crippen LogP contribution in [-0.2, 0) is 0 Å². The molecule has 0 N–H and O–H groups in total. The number of para-hydroxylation sites is 1. The maximum absolute atomic E-state index is 13.8. The van der Waals surface area contributed by atoms with Crippen LogP contribution in [0.2, 0.25) is 15.1 Å². The third-order valence-corrected chi connectivity index (χ3v) is 6.11. The van der Waals surface area contributed by atoms with E-state index < -0.39 is 11.6 Å². The molecule has 0 unspecified atom stereocenters. The van der Waals surface area contributed by atoms with E-state index in [1.165, 1.54) is 30.0 Å². The summed E-state index contributed by atoms with van der Waals surface area (Å²) >= 11 is 19.7. The van der Waals surface area contributed by atoms with Gasteiger partial charge in [-0.3, -0.25) is 4.57 Å². The van der Waals surface area contributed by atoms with Crippen LogP contribution in [0, 0.1) is 11.6 Å². The molecule has 0 aliphatic carbocycles. The minimum atomic E-state index is -0.540. The Morgan fingerprint density at radius 1 is 0.875 bits per heavy atom. The number of benzene rings is 3. The topological polar surface area (TPSA) is 39.9 Å². The highest BCUT2D eigenvalue weighted by atomic mass is 35.5. The molecule has 0 bridgehead atoms. The van der Waals surface area contributed by atoms with Gasteiger partial charge in [0.2, 0.25) is 0 Å². The Hall–Kier alpha value is -2.32. The van der Waals surface area contributed by atoms with Crippen molar-refractivity contribution in [1.29, 1.82) is 0 Å². The van der Waals surface area contributed by atoms with Crippen LogP contribution in [0.15, 0.2) is 65.8 Å². The summed E-state index contributed by atoms with van der Waals surface area (Å²) in [5, 5.41) is 9.88. The second-order valence-corrected chi connectivity index (χ2v) is 8.80. The molecular formula is C22H14Cl3F2N3OS. The van der Waals surface area contributed by atoms with Crippen LogP contribution >= 0.6 is 46.6 Å². The zero-order valence-corrected chi connectivity index (χ0v) is 19.3. The maximum Gasteiger partial charge on any atom is 0.196 e. The van der Waals surface area contributed by atoms with Crippen molar-refractivity contribution >= 4 is 46.6 Å². The van der Waals surface area contributed by atoms with Crippen LogP contribution in [0.1, 0.15) is 0 Å². The summed E-state index contributed by atoms with van der Waals surface area (Å²) in [7, 11) is 0. The smallest absolute Gasteiger partial charge is 0.196 e. The number of hydrogen-bond acceptors (Lipinski definition) is 4. The zero-order valence-electron chi connectivity index (χ0n) is 16.2. The Balaban J connectivity index is 1.64. The molecule has 3 aromatic carbocycles. The van der Waals surface area contributed by atoms with Crippen LogP contribution in [0.25, 0.3) is 17.1 Å². The van der Waals surface area contributed by atoms with Crippen LogP contribution in [0.3, 0.4) is 0 Å². The van der Waals surface area contributed by atoms with Crippen molar-refractivity contribution in [3.05, 3.63) is 87.4 Å². The number of thioether (sulfide) groups is 1. The quantitative estimate of drug-likeness (QED) is 0.192. The first kappa shape index (κ1) is 22.9. The molecule has 32 heavy (non-hydrogen) atoms. The van der Waals surface area contributed by atoms with E-state index in [9.17, 15) is 8.78 Å². The van der Waals surface area contributed by atoms with Crippen molar-refractivity contribution in [1.82, 2.24) is 14.8 Å². The number of aromatic nitrogens is 3. The molecule has 164 valence electrons. The zero-order chi connectivity index (χ0) is 22.7. The number of halogens is 5. The molecule has 0 spiro atoms. The van der Waals surface area contributed by atoms with Crippen LogP contribution in [0.5, 0.6) is 5.75 Å². The van der Waals surface area contributed by atoms with Gasteiger partial charge in [0.25, 0.3) is 0 Å². The fraction of sp³-hybridized carbons (Fsp3) is 0.0909. The molecule has 10 heteroatoms. The lowest BCUT2D eigenvalue weighted by Gasteiger charge is -2.12. The number of hydrogen-bond donors (Lipinski definition) is 0. The second kappa shape index (κ2) is 10.1. The first-order valence-corrected chi connectivity index (χ1v) is 11.4. The van der Waals surface area contributed by atoms with Crippen LogP contribution < -0.4 is 4.74 Å². The first-order chi connectivity index (χ1) is 15.4. The Morgan fingerprint density at radius 2 is 1.69 bits per heavy atom. The molecule has 4 rings (SSSR count). The Labute approximate surface area is 202 Å². The van der Waals surface area contributed by atoms with Gasteiger partial charge in [0.1, 0.15) is 5.82 Å². The van der Waals surface area contributed by atoms with Gasteiger partial charge in [0.15, 0.2) is 22.5 Å². The van der Waals surface area contributed by atoms with Gasteiger partial charge in [-0.1, -0.05) is 58.7 Å². The van der Waals surface area contributed by atoms with Gasteiger partial charge in [0, 0.05) is 16.3 Å². The highest BCUT2D eigenvalue weighted by Gasteiger charge is 2.19. The summed E-state index contributed by atoms with van der Waals surface area (Å²) in [5.41, 5.74) is 1.15. The van der Waals surface area contributed by atoms with E-state index >= 15 is 0 Å². The van der Waals surface area contributed by atoms with Gasteiger partial charge >= 0.3 is 0 Å². The molecule has 1 heterocycles. The number of rotatable bonds is 7. The largest absolute Gasteiger partial charge is 0.490 e. The van der Waals surface area contributed by atoms with Crippen molar-refractivity contribution in [3.63, 3.8) is 0 Å². The summed E-state index contributed by atoms with van der Waals surface area (Å²) in [4.78, 5) is 0. The second-order valence-electron chi connectivity index (χ2n) is 6.49. The third kappa shape index (κ3) is 5.02. The summed E-state index contributed by atoms with van der Waals surface area (Å²) in [5.74, 6) is 0.0965. The molecule has 0 atom stereocenters. The van der Waals surface area contributed by atoms with Gasteiger partial charge in [-0.25, -0.2) is 8.78 Å². The lowest BCUT2D eigenvalue weighted by atomic mass is 10.2. The fourth-order valence-corrected chi connectivity index (χ4v) is 4.35. The van der Waals surface area contributed by atoms with Gasteiger partial charge < -0.3 is 4.74 Å². The first-order valence-electron chi connectivity index (χ1n) is 9.30. The highest BCUT2D eigenvalue weighted by molar-refractivity contribution is 7.99. The number of ether oxygens (including phenoxy) is 1. The van der Waals surface area contributed by atoms with Gasteiger partial charge in [0.05, 0.1) is 22.3 Å². The van der Waals surface area contributed by atoms with E-state index in [1.54, 1.807) is 47.0 Å². The maximum atomic E-state index is 13.8. The molecule has 1 aromatic heterocycles. The molecule has 4 aromatic rings. The lowest BCUT2D eigenvalue weighted by molar-refractivity contribution is 0.325. The minimum absolute atomic E-state index is 0.0387. The van der Waals surface area contributed by atoms with Crippen LogP contribution in [-0.4, -0.2) is 27.1 Å². The Kier molecular flexibility index (Phi) is 7.20. The van der Waals surface area contributed by atoms with E-state index in [2.05, 4.69) is 10.2 Å². The molecule has 0 saturated carbocycles. The SMILES string of the molecule is Fc1ccc(-n2c(SCCOc3ccccc3F)nnc2-c2ccc(Cl)cc2Cl)cc1Cl. The lowest BCUT2D eigenvalue weighted by Crippen LogP contribution is -2.04. The Morgan fingerprint density at radius 3 is 2.44 bits per heavy atom. The van der Waals surface area contributed by atoms with Gasteiger partial charge in [-0.15, -0.1) is 10.2 Å². The van der Waals surface area contributed by atoms with E-state index in [1.807, 2.05) is 0 Å². The highest BCUT2D eigenvalue weighted by Crippen LogP contribution is 2.34. The van der Waals surface area contributed by atoms with Gasteiger partial charge in [-0.2, -0.15) is 0 Å². The Bertz CT molecular complexity index is 1270. The monoisotopic (exact) mass is 511 g/mol. The summed E-state index contributed by atoms with van der Waals surface area (Å²) in [6, 6.07) is 15.5. The van der Waals surface area contributed by atoms with Crippen molar-refractivity contribution in [2.45, 2.75) is 5.16 Å². The van der Waals surface area contributed by atoms with Crippen molar-refractivity contribution in [2.75, 3.05) is 12.4 Å². The fourth-order valence-electron chi connectivity index (χ4n) is 2.91. The van der Waals surface area contributed by atoms with E-state index in [0.29, 0.717) is 38.0 Å². The van der Waals surface area contributed by atoms with Crippen molar-refractivity contribution in [2.24, 2.45) is 0 Å². The van der Waals surface area contributed by atoms with Crippen LogP contribution in [0.4, 0.5) is 8.78 Å². The molecule has 0 aliphatic rings. The summed E-state index contributed by atoms with van der Waals surface area (Å²) in [6.07, 6.45) is 0. The normalized spacial score (nSPS) is 11.0. The van der Waals surface area contributed by atoms with Crippen molar-refractivity contribution < 1.29 is 13.5 Å². The van der Waals surface area contributed by atoms with Gasteiger partial charge in [-0.05, 0) is 48.5 Å². The van der Waals surface area contributed by atoms with Crippen molar-refractivity contribution in [3.8, 4) is 22.8 Å². The molecule has 4 nitrogen and oxygen atoms in total. The summed E-state index contributed by atoms with van der Waals surface area (Å²) < 4.78 is 34.7. The molecule has 0 amide bonds. The molecule has 0 fully saturated rings. The summed E-state index contributed by atoms with van der Waals surface area (Å²) in [6.45, 7) is 0.236.